The second kappa shape index (κ2) is 9.84. The molecule has 2 amide bonds. The van der Waals surface area contributed by atoms with E-state index in [9.17, 15) is 19.7 Å². The highest BCUT2D eigenvalue weighted by Crippen LogP contribution is 2.27. The van der Waals surface area contributed by atoms with Gasteiger partial charge in [0.1, 0.15) is 17.1 Å². The molecule has 1 aliphatic rings. The smallest absolute Gasteiger partial charge is 0.271 e. The lowest BCUT2D eigenvalue weighted by molar-refractivity contribution is -0.384. The maximum Gasteiger partial charge on any atom is 0.271 e. The molecule has 3 aromatic carbocycles. The average Bonchev–Trinajstić information content (AvgIpc) is 3.37. The standard InChI is InChI=1S/C26H17N5O5S/c32-24-23(13-17-15-27-29(16-17)19-5-4-6-20(14-19)31(34)35)25(33)30(26(37)28-24)18-9-11-22(12-10-18)36-21-7-2-1-3-8-21/h1-16H,(H,28,32,37)/b23-13+. The van der Waals surface area contributed by atoms with Crippen LogP contribution in [0.25, 0.3) is 11.8 Å². The fourth-order valence-electron chi connectivity index (χ4n) is 3.65. The molecule has 1 N–H and O–H groups in total. The number of thiocarbonyl (C=S) groups is 1. The normalized spacial score (nSPS) is 14.5. The molecule has 37 heavy (non-hydrogen) atoms. The Labute approximate surface area is 215 Å². The second-order valence-corrected chi connectivity index (χ2v) is 8.25. The predicted molar refractivity (Wildman–Crippen MR) is 139 cm³/mol. The van der Waals surface area contributed by atoms with E-state index in [4.69, 9.17) is 17.0 Å². The number of benzene rings is 3. The molecule has 0 spiro atoms. The lowest BCUT2D eigenvalue weighted by Gasteiger charge is -2.28. The number of nitro groups is 1. The van der Waals surface area contributed by atoms with Gasteiger partial charge in [0.2, 0.25) is 0 Å². The topological polar surface area (TPSA) is 120 Å². The summed E-state index contributed by atoms with van der Waals surface area (Å²) in [6, 6.07) is 21.9. The van der Waals surface area contributed by atoms with Gasteiger partial charge in [0.15, 0.2) is 5.11 Å². The number of carbonyl (C=O) groups excluding carboxylic acids is 2. The average molecular weight is 512 g/mol. The minimum Gasteiger partial charge on any atom is -0.457 e. The van der Waals surface area contributed by atoms with Crippen LogP contribution in [0.3, 0.4) is 0 Å². The summed E-state index contributed by atoms with van der Waals surface area (Å²) in [5.74, 6) is -0.00592. The summed E-state index contributed by atoms with van der Waals surface area (Å²) >= 11 is 5.26. The van der Waals surface area contributed by atoms with Crippen LogP contribution in [0.15, 0.2) is 96.8 Å². The number of non-ortho nitro benzene ring substituents is 1. The molecular formula is C26H17N5O5S. The molecule has 0 saturated carbocycles. The number of hydrogen-bond donors (Lipinski definition) is 1. The van der Waals surface area contributed by atoms with Crippen molar-refractivity contribution in [1.82, 2.24) is 15.1 Å². The highest BCUT2D eigenvalue weighted by atomic mass is 32.1. The van der Waals surface area contributed by atoms with Crippen LogP contribution in [0.5, 0.6) is 11.5 Å². The minimum atomic E-state index is -0.640. The molecule has 182 valence electrons. The third-order valence-corrected chi connectivity index (χ3v) is 5.68. The predicted octanol–water partition coefficient (Wildman–Crippen LogP) is 4.40. The van der Waals surface area contributed by atoms with Crippen molar-refractivity contribution >= 4 is 46.6 Å². The molecule has 2 heterocycles. The number of carbonyl (C=O) groups is 2. The van der Waals surface area contributed by atoms with Crippen molar-refractivity contribution in [2.75, 3.05) is 4.90 Å². The molecule has 4 aromatic rings. The Bertz CT molecular complexity index is 1560. The fourth-order valence-corrected chi connectivity index (χ4v) is 3.93. The number of aromatic nitrogens is 2. The highest BCUT2D eigenvalue weighted by molar-refractivity contribution is 7.80. The van der Waals surface area contributed by atoms with Crippen molar-refractivity contribution < 1.29 is 19.2 Å². The lowest BCUT2D eigenvalue weighted by Crippen LogP contribution is -2.54. The quantitative estimate of drug-likeness (QED) is 0.134. The summed E-state index contributed by atoms with van der Waals surface area (Å²) in [5.41, 5.74) is 1.13. The SMILES string of the molecule is O=C1NC(=S)N(c2ccc(Oc3ccccc3)cc2)C(=O)/C1=C/c1cnn(-c2cccc([N+](=O)[O-])c2)c1. The number of nitrogens with zero attached hydrogens (tertiary/aromatic N) is 4. The van der Waals surface area contributed by atoms with Crippen LogP contribution in [0, 0.1) is 10.1 Å². The summed E-state index contributed by atoms with van der Waals surface area (Å²) in [5, 5.41) is 17.7. The number of ether oxygens (including phenoxy) is 1. The molecule has 5 rings (SSSR count). The molecule has 0 aliphatic carbocycles. The highest BCUT2D eigenvalue weighted by Gasteiger charge is 2.34. The van der Waals surface area contributed by atoms with Gasteiger partial charge in [0, 0.05) is 23.9 Å². The first-order valence-electron chi connectivity index (χ1n) is 10.9. The summed E-state index contributed by atoms with van der Waals surface area (Å²) < 4.78 is 7.20. The van der Waals surface area contributed by atoms with Gasteiger partial charge < -0.3 is 4.74 Å². The molecule has 1 saturated heterocycles. The summed E-state index contributed by atoms with van der Waals surface area (Å²) in [6.45, 7) is 0. The monoisotopic (exact) mass is 511 g/mol. The van der Waals surface area contributed by atoms with Crippen molar-refractivity contribution in [1.29, 1.82) is 0 Å². The van der Waals surface area contributed by atoms with Gasteiger partial charge in [-0.2, -0.15) is 5.10 Å². The molecule has 0 atom stereocenters. The Morgan fingerprint density at radius 1 is 0.946 bits per heavy atom. The summed E-state index contributed by atoms with van der Waals surface area (Å²) in [6.07, 6.45) is 4.39. The maximum absolute atomic E-state index is 13.3. The van der Waals surface area contributed by atoms with Crippen LogP contribution < -0.4 is 15.0 Å². The Morgan fingerprint density at radius 2 is 1.68 bits per heavy atom. The van der Waals surface area contributed by atoms with Gasteiger partial charge >= 0.3 is 0 Å². The Balaban J connectivity index is 1.39. The largest absolute Gasteiger partial charge is 0.457 e. The second-order valence-electron chi connectivity index (χ2n) is 7.86. The van der Waals surface area contributed by atoms with E-state index in [1.54, 1.807) is 42.6 Å². The van der Waals surface area contributed by atoms with E-state index < -0.39 is 16.7 Å². The molecule has 1 fully saturated rings. The molecule has 0 bridgehead atoms. The Morgan fingerprint density at radius 3 is 2.41 bits per heavy atom. The van der Waals surface area contributed by atoms with Gasteiger partial charge in [0.05, 0.1) is 22.5 Å². The van der Waals surface area contributed by atoms with Gasteiger partial charge in [-0.3, -0.25) is 29.9 Å². The van der Waals surface area contributed by atoms with Crippen molar-refractivity contribution in [2.45, 2.75) is 0 Å². The zero-order valence-corrected chi connectivity index (χ0v) is 19.8. The number of rotatable bonds is 6. The van der Waals surface area contributed by atoms with E-state index in [-0.39, 0.29) is 16.4 Å². The molecular weight excluding hydrogens is 494 g/mol. The third kappa shape index (κ3) is 4.97. The number of para-hydroxylation sites is 1. The van der Waals surface area contributed by atoms with Crippen LogP contribution in [0.2, 0.25) is 0 Å². The number of anilines is 1. The first-order valence-corrected chi connectivity index (χ1v) is 11.3. The van der Waals surface area contributed by atoms with Gasteiger partial charge in [-0.1, -0.05) is 24.3 Å². The van der Waals surface area contributed by atoms with E-state index in [1.807, 2.05) is 30.3 Å². The molecule has 1 aliphatic heterocycles. The van der Waals surface area contributed by atoms with E-state index in [0.29, 0.717) is 28.4 Å². The minimum absolute atomic E-state index is 0.0452. The van der Waals surface area contributed by atoms with Gasteiger partial charge in [-0.15, -0.1) is 0 Å². The first-order chi connectivity index (χ1) is 17.9. The number of nitro benzene ring substituents is 1. The van der Waals surface area contributed by atoms with Crippen LogP contribution >= 0.6 is 12.2 Å². The number of hydrogen-bond acceptors (Lipinski definition) is 7. The molecule has 10 nitrogen and oxygen atoms in total. The van der Waals surface area contributed by atoms with Crippen LogP contribution in [-0.4, -0.2) is 31.6 Å². The zero-order chi connectivity index (χ0) is 25.9. The van der Waals surface area contributed by atoms with Crippen molar-refractivity contribution in [3.8, 4) is 17.2 Å². The fraction of sp³-hybridized carbons (Fsp3) is 0. The van der Waals surface area contributed by atoms with Gasteiger partial charge in [-0.05, 0) is 60.8 Å². The van der Waals surface area contributed by atoms with Crippen molar-refractivity contribution in [3.05, 3.63) is 113 Å². The third-order valence-electron chi connectivity index (χ3n) is 5.39. The van der Waals surface area contributed by atoms with Crippen LogP contribution in [-0.2, 0) is 9.59 Å². The number of amides is 2. The number of nitrogens with one attached hydrogen (secondary N) is 1. The summed E-state index contributed by atoms with van der Waals surface area (Å²) in [7, 11) is 0. The lowest BCUT2D eigenvalue weighted by atomic mass is 10.1. The molecule has 11 heteroatoms. The maximum atomic E-state index is 13.3. The molecule has 0 unspecified atom stereocenters. The molecule has 0 radical (unpaired) electrons. The Hall–Kier alpha value is -5.16. The molecule has 1 aromatic heterocycles. The van der Waals surface area contributed by atoms with Crippen molar-refractivity contribution in [2.24, 2.45) is 0 Å². The van der Waals surface area contributed by atoms with E-state index in [2.05, 4.69) is 10.4 Å². The van der Waals surface area contributed by atoms with Gasteiger partial charge in [0.25, 0.3) is 17.5 Å². The van der Waals surface area contributed by atoms with E-state index >= 15 is 0 Å². The Kier molecular flexibility index (Phi) is 6.27. The first kappa shape index (κ1) is 23.6. The zero-order valence-electron chi connectivity index (χ0n) is 19.0. The van der Waals surface area contributed by atoms with Crippen molar-refractivity contribution in [3.63, 3.8) is 0 Å². The van der Waals surface area contributed by atoms with Crippen LogP contribution in [0.4, 0.5) is 11.4 Å². The van der Waals surface area contributed by atoms with E-state index in [1.165, 1.54) is 34.0 Å². The van der Waals surface area contributed by atoms with Gasteiger partial charge in [-0.25, -0.2) is 4.68 Å². The van der Waals surface area contributed by atoms with Crippen LogP contribution in [0.1, 0.15) is 5.56 Å². The van der Waals surface area contributed by atoms with E-state index in [0.717, 1.165) is 0 Å². The summed E-state index contributed by atoms with van der Waals surface area (Å²) in [4.78, 5) is 37.7.